The Bertz CT molecular complexity index is 475. The van der Waals surface area contributed by atoms with Gasteiger partial charge in [-0.25, -0.2) is 0 Å². The molecule has 1 aromatic carbocycles. The Morgan fingerprint density at radius 1 is 1.37 bits per heavy atom. The predicted octanol–water partition coefficient (Wildman–Crippen LogP) is 4.32. The van der Waals surface area contributed by atoms with Gasteiger partial charge in [-0.05, 0) is 52.4 Å². The van der Waals surface area contributed by atoms with Crippen molar-refractivity contribution in [3.63, 3.8) is 0 Å². The number of halogens is 1. The van der Waals surface area contributed by atoms with Crippen molar-refractivity contribution in [2.45, 2.75) is 39.2 Å². The molecule has 4 heteroatoms. The molecule has 3 atom stereocenters. The third kappa shape index (κ3) is 3.48. The summed E-state index contributed by atoms with van der Waals surface area (Å²) in [5.74, 6) is 1.50. The van der Waals surface area contributed by atoms with Crippen LogP contribution in [0.3, 0.4) is 0 Å². The van der Waals surface area contributed by atoms with Gasteiger partial charge in [0.05, 0.1) is 0 Å². The van der Waals surface area contributed by atoms with Crippen molar-refractivity contribution in [3.05, 3.63) is 28.2 Å². The molecule has 3 N–H and O–H groups in total. The first-order valence-corrected chi connectivity index (χ1v) is 8.05. The molecule has 0 bridgehead atoms. The number of anilines is 1. The molecular weight excluding hydrogens is 320 g/mol. The van der Waals surface area contributed by atoms with Crippen molar-refractivity contribution in [2.75, 3.05) is 5.32 Å². The average Bonchev–Trinajstić information content (AvgIpc) is 2.37. The van der Waals surface area contributed by atoms with Crippen LogP contribution in [0.15, 0.2) is 22.7 Å². The number of hydrogen-bond donors (Lipinski definition) is 2. The van der Waals surface area contributed by atoms with Crippen molar-refractivity contribution < 1.29 is 0 Å². The average molecular weight is 341 g/mol. The molecule has 1 aromatic rings. The first kappa shape index (κ1) is 14.8. The van der Waals surface area contributed by atoms with E-state index in [1.165, 1.54) is 19.3 Å². The fraction of sp³-hybridized carbons (Fsp3) is 0.533. The highest BCUT2D eigenvalue weighted by molar-refractivity contribution is 9.10. The van der Waals surface area contributed by atoms with Gasteiger partial charge in [-0.3, -0.25) is 0 Å². The predicted molar refractivity (Wildman–Crippen MR) is 89.6 cm³/mol. The molecule has 104 valence electrons. The standard InChI is InChI=1S/C15H21BrN2S/c1-9-4-3-5-13(10(9)2)18-14-7-6-11(15(17)19)8-12(14)16/h6-10,13,18H,3-5H2,1-2H3,(H2,17,19). The van der Waals surface area contributed by atoms with Crippen molar-refractivity contribution in [2.24, 2.45) is 17.6 Å². The molecule has 1 saturated carbocycles. The van der Waals surface area contributed by atoms with Crippen LogP contribution < -0.4 is 11.1 Å². The van der Waals surface area contributed by atoms with Crippen molar-refractivity contribution >= 4 is 38.8 Å². The van der Waals surface area contributed by atoms with Gasteiger partial charge < -0.3 is 11.1 Å². The summed E-state index contributed by atoms with van der Waals surface area (Å²) in [5.41, 5.74) is 7.68. The largest absolute Gasteiger partial charge is 0.389 e. The van der Waals surface area contributed by atoms with E-state index in [1.807, 2.05) is 12.1 Å². The Morgan fingerprint density at radius 3 is 2.74 bits per heavy atom. The summed E-state index contributed by atoms with van der Waals surface area (Å²) >= 11 is 8.60. The molecule has 0 aliphatic heterocycles. The summed E-state index contributed by atoms with van der Waals surface area (Å²) in [5, 5.41) is 3.66. The summed E-state index contributed by atoms with van der Waals surface area (Å²) in [6.07, 6.45) is 3.90. The van der Waals surface area contributed by atoms with E-state index in [0.29, 0.717) is 16.9 Å². The third-order valence-corrected chi connectivity index (χ3v) is 5.19. The number of nitrogens with two attached hydrogens (primary N) is 1. The maximum atomic E-state index is 5.65. The number of nitrogens with one attached hydrogen (secondary N) is 1. The monoisotopic (exact) mass is 340 g/mol. The zero-order valence-corrected chi connectivity index (χ0v) is 13.9. The number of benzene rings is 1. The van der Waals surface area contributed by atoms with Gasteiger partial charge in [-0.2, -0.15) is 0 Å². The molecule has 1 aliphatic carbocycles. The van der Waals surface area contributed by atoms with Gasteiger partial charge >= 0.3 is 0 Å². The van der Waals surface area contributed by atoms with Crippen LogP contribution >= 0.6 is 28.1 Å². The zero-order chi connectivity index (χ0) is 14.0. The van der Waals surface area contributed by atoms with E-state index < -0.39 is 0 Å². The van der Waals surface area contributed by atoms with Gasteiger partial charge in [0.2, 0.25) is 0 Å². The summed E-state index contributed by atoms with van der Waals surface area (Å²) in [4.78, 5) is 0.437. The van der Waals surface area contributed by atoms with Crippen LogP contribution in [-0.4, -0.2) is 11.0 Å². The summed E-state index contributed by atoms with van der Waals surface area (Å²) in [6, 6.07) is 6.58. The molecule has 2 nitrogen and oxygen atoms in total. The molecule has 0 amide bonds. The smallest absolute Gasteiger partial charge is 0.104 e. The molecule has 0 aromatic heterocycles. The van der Waals surface area contributed by atoms with E-state index in [-0.39, 0.29) is 0 Å². The van der Waals surface area contributed by atoms with Crippen molar-refractivity contribution in [1.29, 1.82) is 0 Å². The highest BCUT2D eigenvalue weighted by Gasteiger charge is 2.27. The molecular formula is C15H21BrN2S. The highest BCUT2D eigenvalue weighted by atomic mass is 79.9. The fourth-order valence-electron chi connectivity index (χ4n) is 2.77. The van der Waals surface area contributed by atoms with Crippen LogP contribution in [0.1, 0.15) is 38.7 Å². The van der Waals surface area contributed by atoms with E-state index in [1.54, 1.807) is 0 Å². The zero-order valence-electron chi connectivity index (χ0n) is 11.4. The maximum absolute atomic E-state index is 5.65. The van der Waals surface area contributed by atoms with Crippen LogP contribution in [-0.2, 0) is 0 Å². The van der Waals surface area contributed by atoms with Crippen molar-refractivity contribution in [1.82, 2.24) is 0 Å². The fourth-order valence-corrected chi connectivity index (χ4v) is 3.39. The van der Waals surface area contributed by atoms with E-state index in [4.69, 9.17) is 18.0 Å². The quantitative estimate of drug-likeness (QED) is 0.804. The summed E-state index contributed by atoms with van der Waals surface area (Å²) in [7, 11) is 0. The molecule has 1 fully saturated rings. The second-order valence-corrected chi connectivity index (χ2v) is 6.87. The van der Waals surface area contributed by atoms with Gasteiger partial charge in [0.15, 0.2) is 0 Å². The number of hydrogen-bond acceptors (Lipinski definition) is 2. The molecule has 1 aliphatic rings. The van der Waals surface area contributed by atoms with E-state index in [2.05, 4.69) is 41.2 Å². The van der Waals surface area contributed by atoms with Gasteiger partial charge in [-0.1, -0.05) is 38.9 Å². The van der Waals surface area contributed by atoms with Crippen LogP contribution in [0.25, 0.3) is 0 Å². The molecule has 0 heterocycles. The number of rotatable bonds is 3. The lowest BCUT2D eigenvalue weighted by atomic mass is 9.78. The Hall–Kier alpha value is -0.610. The lowest BCUT2D eigenvalue weighted by Gasteiger charge is -2.35. The lowest BCUT2D eigenvalue weighted by Crippen LogP contribution is -2.35. The minimum Gasteiger partial charge on any atom is -0.389 e. The Balaban J connectivity index is 2.12. The van der Waals surface area contributed by atoms with E-state index in [9.17, 15) is 0 Å². The van der Waals surface area contributed by atoms with Gasteiger partial charge in [0.1, 0.15) is 4.99 Å². The molecule has 0 saturated heterocycles. The number of thiocarbonyl (C=S) groups is 1. The van der Waals surface area contributed by atoms with Crippen LogP contribution in [0, 0.1) is 11.8 Å². The maximum Gasteiger partial charge on any atom is 0.104 e. The first-order chi connectivity index (χ1) is 8.99. The van der Waals surface area contributed by atoms with Gasteiger partial charge in [0, 0.05) is 21.8 Å². The van der Waals surface area contributed by atoms with Crippen molar-refractivity contribution in [3.8, 4) is 0 Å². The second-order valence-electron chi connectivity index (χ2n) is 5.58. The summed E-state index contributed by atoms with van der Waals surface area (Å²) < 4.78 is 1.03. The van der Waals surface area contributed by atoms with Crippen LogP contribution in [0.2, 0.25) is 0 Å². The lowest BCUT2D eigenvalue weighted by molar-refractivity contribution is 0.253. The molecule has 19 heavy (non-hydrogen) atoms. The van der Waals surface area contributed by atoms with Gasteiger partial charge in [0.25, 0.3) is 0 Å². The minimum atomic E-state index is 0.437. The minimum absolute atomic E-state index is 0.437. The SMILES string of the molecule is CC1CCCC(Nc2ccc(C(N)=S)cc2Br)C1C. The second kappa shape index (κ2) is 6.23. The van der Waals surface area contributed by atoms with Crippen LogP contribution in [0.4, 0.5) is 5.69 Å². The Kier molecular flexibility index (Phi) is 4.85. The third-order valence-electron chi connectivity index (χ3n) is 4.30. The highest BCUT2D eigenvalue weighted by Crippen LogP contribution is 2.33. The normalized spacial score (nSPS) is 27.0. The first-order valence-electron chi connectivity index (χ1n) is 6.85. The summed E-state index contributed by atoms with van der Waals surface area (Å²) in [6.45, 7) is 4.70. The Labute approximate surface area is 129 Å². The topological polar surface area (TPSA) is 38.0 Å². The molecule has 2 rings (SSSR count). The van der Waals surface area contributed by atoms with Gasteiger partial charge in [-0.15, -0.1) is 0 Å². The van der Waals surface area contributed by atoms with E-state index >= 15 is 0 Å². The van der Waals surface area contributed by atoms with E-state index in [0.717, 1.165) is 21.6 Å². The molecule has 0 spiro atoms. The molecule has 0 radical (unpaired) electrons. The van der Waals surface area contributed by atoms with Crippen LogP contribution in [0.5, 0.6) is 0 Å². The Morgan fingerprint density at radius 2 is 2.11 bits per heavy atom. The molecule has 3 unspecified atom stereocenters.